The number of aliphatic imine (C=N–C) groups is 1. The maximum absolute atomic E-state index is 11.4. The van der Waals surface area contributed by atoms with Crippen LogP contribution in [-0.4, -0.2) is 23.7 Å². The summed E-state index contributed by atoms with van der Waals surface area (Å²) < 4.78 is 1.61. The number of nitrogens with zero attached hydrogens (tertiary/aromatic N) is 2. The van der Waals surface area contributed by atoms with Gasteiger partial charge in [-0.25, -0.2) is 0 Å². The minimum absolute atomic E-state index is 0.00381. The van der Waals surface area contributed by atoms with E-state index in [4.69, 9.17) is 0 Å². The molecule has 1 heterocycles. The minimum atomic E-state index is -0.00381. The Balaban J connectivity index is 3.09. The van der Waals surface area contributed by atoms with E-state index in [9.17, 15) is 4.79 Å². The number of carbonyl (C=O) groups is 1. The molecule has 0 aliphatic carbocycles. The highest BCUT2D eigenvalue weighted by molar-refractivity contribution is 5.86. The molecule has 0 bridgehead atoms. The molecule has 1 aromatic heterocycles. The molecule has 0 unspecified atom stereocenters. The Kier molecular flexibility index (Phi) is 4.45. The maximum Gasteiger partial charge on any atom is 0.227 e. The maximum atomic E-state index is 11.4. The van der Waals surface area contributed by atoms with Gasteiger partial charge in [-0.2, -0.15) is 0 Å². The van der Waals surface area contributed by atoms with E-state index in [2.05, 4.69) is 4.99 Å². The fraction of sp³-hybridized carbons (Fsp3) is 0.231. The molecular formula is C13H16N2O. The Bertz CT molecular complexity index is 450. The Morgan fingerprint density at radius 3 is 2.75 bits per heavy atom. The zero-order valence-corrected chi connectivity index (χ0v) is 9.84. The number of carbonyl (C=O) groups excluding carboxylic acids is 1. The first-order valence-corrected chi connectivity index (χ1v) is 5.14. The summed E-state index contributed by atoms with van der Waals surface area (Å²) >= 11 is 0. The Morgan fingerprint density at radius 1 is 1.44 bits per heavy atom. The molecule has 0 saturated carbocycles. The van der Waals surface area contributed by atoms with E-state index >= 15 is 0 Å². The van der Waals surface area contributed by atoms with Gasteiger partial charge in [-0.3, -0.25) is 14.4 Å². The van der Waals surface area contributed by atoms with Crippen LogP contribution in [-0.2, 0) is 0 Å². The Hall–Kier alpha value is -1.90. The quantitative estimate of drug-likeness (QED) is 0.565. The van der Waals surface area contributed by atoms with E-state index in [0.29, 0.717) is 0 Å². The molecule has 0 spiro atoms. The van der Waals surface area contributed by atoms with Crippen molar-refractivity contribution in [2.45, 2.75) is 13.8 Å². The lowest BCUT2D eigenvalue weighted by Gasteiger charge is -1.98. The van der Waals surface area contributed by atoms with Crippen LogP contribution in [0, 0.1) is 0 Å². The van der Waals surface area contributed by atoms with Crippen molar-refractivity contribution in [2.24, 2.45) is 4.99 Å². The summed E-state index contributed by atoms with van der Waals surface area (Å²) in [5, 5.41) is 0. The van der Waals surface area contributed by atoms with Crippen LogP contribution in [0.4, 0.5) is 0 Å². The highest BCUT2D eigenvalue weighted by atomic mass is 16.1. The van der Waals surface area contributed by atoms with Gasteiger partial charge < -0.3 is 0 Å². The number of hydrogen-bond donors (Lipinski definition) is 0. The van der Waals surface area contributed by atoms with E-state index in [1.807, 2.05) is 37.3 Å². The van der Waals surface area contributed by atoms with Crippen molar-refractivity contribution in [3.8, 4) is 0 Å². The van der Waals surface area contributed by atoms with E-state index in [1.165, 1.54) is 0 Å². The van der Waals surface area contributed by atoms with Crippen LogP contribution in [0.2, 0.25) is 0 Å². The monoisotopic (exact) mass is 216 g/mol. The zero-order chi connectivity index (χ0) is 12.0. The largest absolute Gasteiger partial charge is 0.296 e. The molecule has 84 valence electrons. The molecule has 0 saturated heterocycles. The van der Waals surface area contributed by atoms with Gasteiger partial charge in [0.2, 0.25) is 5.91 Å². The lowest BCUT2D eigenvalue weighted by molar-refractivity contribution is 0.0936. The summed E-state index contributed by atoms with van der Waals surface area (Å²) in [7, 11) is 1.71. The Morgan fingerprint density at radius 2 is 2.19 bits per heavy atom. The van der Waals surface area contributed by atoms with Crippen LogP contribution in [0.1, 0.15) is 29.9 Å². The molecule has 0 atom stereocenters. The average Bonchev–Trinajstić information content (AvgIpc) is 2.62. The van der Waals surface area contributed by atoms with Crippen molar-refractivity contribution in [1.82, 2.24) is 4.57 Å². The fourth-order valence-corrected chi connectivity index (χ4v) is 1.39. The van der Waals surface area contributed by atoms with Crippen molar-refractivity contribution >= 4 is 18.2 Å². The van der Waals surface area contributed by atoms with E-state index in [0.717, 1.165) is 11.3 Å². The SMILES string of the molecule is C/C=C\C=C/c1cc(C=NC)cn1C(C)=O. The first kappa shape index (κ1) is 12.2. The van der Waals surface area contributed by atoms with E-state index < -0.39 is 0 Å². The number of rotatable bonds is 3. The standard InChI is InChI=1S/C13H16N2O/c1-4-5-6-7-13-8-12(9-14-3)10-15(13)11(2)16/h4-10H,1-3H3/b5-4-,7-6-,14-9?. The molecule has 16 heavy (non-hydrogen) atoms. The first-order valence-electron chi connectivity index (χ1n) is 5.14. The predicted octanol–water partition coefficient (Wildman–Crippen LogP) is 2.79. The molecule has 1 aromatic rings. The third-order valence-corrected chi connectivity index (χ3v) is 2.06. The number of allylic oxidation sites excluding steroid dienone is 3. The third kappa shape index (κ3) is 3.05. The van der Waals surface area contributed by atoms with E-state index in [-0.39, 0.29) is 5.91 Å². The molecule has 1 rings (SSSR count). The fourth-order valence-electron chi connectivity index (χ4n) is 1.39. The number of hydrogen-bond acceptors (Lipinski definition) is 2. The van der Waals surface area contributed by atoms with Gasteiger partial charge in [-0.15, -0.1) is 0 Å². The molecule has 3 nitrogen and oxygen atoms in total. The van der Waals surface area contributed by atoms with Crippen LogP contribution in [0.5, 0.6) is 0 Å². The molecule has 3 heteroatoms. The summed E-state index contributed by atoms with van der Waals surface area (Å²) in [5.74, 6) is -0.00381. The van der Waals surface area contributed by atoms with E-state index in [1.54, 1.807) is 30.9 Å². The molecule has 0 aromatic carbocycles. The van der Waals surface area contributed by atoms with Gasteiger partial charge in [0.1, 0.15) is 0 Å². The van der Waals surface area contributed by atoms with Gasteiger partial charge in [0.25, 0.3) is 0 Å². The molecule has 0 aliphatic rings. The summed E-state index contributed by atoms with van der Waals surface area (Å²) in [4.78, 5) is 15.3. The van der Waals surface area contributed by atoms with Crippen molar-refractivity contribution in [1.29, 1.82) is 0 Å². The van der Waals surface area contributed by atoms with Gasteiger partial charge in [0, 0.05) is 37.6 Å². The highest BCUT2D eigenvalue weighted by Gasteiger charge is 2.04. The third-order valence-electron chi connectivity index (χ3n) is 2.06. The second-order valence-electron chi connectivity index (χ2n) is 3.36. The lowest BCUT2D eigenvalue weighted by atomic mass is 10.3. The average molecular weight is 216 g/mol. The second-order valence-corrected chi connectivity index (χ2v) is 3.36. The van der Waals surface area contributed by atoms with Crippen molar-refractivity contribution in [3.05, 3.63) is 41.7 Å². The second kappa shape index (κ2) is 5.85. The zero-order valence-electron chi connectivity index (χ0n) is 9.84. The minimum Gasteiger partial charge on any atom is -0.296 e. The van der Waals surface area contributed by atoms with Crippen LogP contribution >= 0.6 is 0 Å². The molecule has 0 N–H and O–H groups in total. The predicted molar refractivity (Wildman–Crippen MR) is 68.1 cm³/mol. The summed E-state index contributed by atoms with van der Waals surface area (Å²) in [5.41, 5.74) is 1.79. The topological polar surface area (TPSA) is 34.4 Å². The highest BCUT2D eigenvalue weighted by Crippen LogP contribution is 2.09. The van der Waals surface area contributed by atoms with Crippen molar-refractivity contribution in [3.63, 3.8) is 0 Å². The first-order chi connectivity index (χ1) is 7.69. The molecule has 0 fully saturated rings. The van der Waals surface area contributed by atoms with Gasteiger partial charge in [-0.1, -0.05) is 18.2 Å². The Labute approximate surface area is 95.8 Å². The molecular weight excluding hydrogens is 200 g/mol. The number of aromatic nitrogens is 1. The lowest BCUT2D eigenvalue weighted by Crippen LogP contribution is -2.05. The normalized spacial score (nSPS) is 12.2. The van der Waals surface area contributed by atoms with Gasteiger partial charge >= 0.3 is 0 Å². The van der Waals surface area contributed by atoms with Crippen LogP contribution < -0.4 is 0 Å². The van der Waals surface area contributed by atoms with Crippen molar-refractivity contribution < 1.29 is 4.79 Å². The van der Waals surface area contributed by atoms with Crippen LogP contribution in [0.15, 0.2) is 35.5 Å². The van der Waals surface area contributed by atoms with Gasteiger partial charge in [0.05, 0.1) is 0 Å². The van der Waals surface area contributed by atoms with Crippen LogP contribution in [0.3, 0.4) is 0 Å². The molecule has 0 radical (unpaired) electrons. The smallest absolute Gasteiger partial charge is 0.227 e. The van der Waals surface area contributed by atoms with Crippen molar-refractivity contribution in [2.75, 3.05) is 7.05 Å². The van der Waals surface area contributed by atoms with Gasteiger partial charge in [0.15, 0.2) is 0 Å². The summed E-state index contributed by atoms with van der Waals surface area (Å²) in [6.07, 6.45) is 11.2. The molecule has 0 amide bonds. The molecule has 0 aliphatic heterocycles. The van der Waals surface area contributed by atoms with Gasteiger partial charge in [-0.05, 0) is 19.1 Å². The van der Waals surface area contributed by atoms with Crippen LogP contribution in [0.25, 0.3) is 6.08 Å². The summed E-state index contributed by atoms with van der Waals surface area (Å²) in [6, 6.07) is 1.92. The summed E-state index contributed by atoms with van der Waals surface area (Å²) in [6.45, 7) is 3.49.